The van der Waals surface area contributed by atoms with Crippen LogP contribution in [0, 0.1) is 0 Å². The summed E-state index contributed by atoms with van der Waals surface area (Å²) in [6, 6.07) is 0. The number of hydrogen-bond donors (Lipinski definition) is 0. The molecule has 0 rings (SSSR count). The molecule has 4 radical (unpaired) electrons. The van der Waals surface area contributed by atoms with Gasteiger partial charge in [0.1, 0.15) is 0 Å². The molecule has 42 heavy (non-hydrogen) atoms. The van der Waals surface area contributed by atoms with Crippen molar-refractivity contribution in [1.82, 2.24) is 0 Å². The summed E-state index contributed by atoms with van der Waals surface area (Å²) in [6.45, 7) is 0. The fourth-order valence-corrected chi connectivity index (χ4v) is 0. The second-order valence-electron chi connectivity index (χ2n) is 2.25. The SMILES string of the molecule is [Nb+5].[Nb+5].[O]=[Ti]([O-])[O-].[O]=[Ti]([O-])[O-].[O]=[Ti]([O-])[O-].[O]=[Ti]([O-])[O-].[O]=[Ti]([O-])[O-].[O]=[Ti]([O-])[O-].[O]=[Ti]([O-])[O-].[O]=[Ti]([O-])[O-].[O]=[Ti]([O-])[O-].[Pb+2].[Pb+2].[Zn+2].[Zn+2]. The van der Waals surface area contributed by atoms with Crippen molar-refractivity contribution in [3.05, 3.63) is 0 Å². The summed E-state index contributed by atoms with van der Waals surface area (Å²) in [7, 11) is 0. The van der Waals surface area contributed by atoms with Crippen LogP contribution in [0.25, 0.3) is 0 Å². The first-order valence-electron chi connectivity index (χ1n) is 5.51. The maximum Gasteiger partial charge on any atom is 2.00 e. The Kier molecular flexibility index (Phi) is 216. The first kappa shape index (κ1) is 98.2. The molecule has 0 atom stereocenters. The van der Waals surface area contributed by atoms with Crippen molar-refractivity contribution in [2.24, 2.45) is 0 Å². The molecule has 42 heteroatoms. The average Bonchev–Trinajstić information content (AvgIpc) is 2.39. The second-order valence-corrected chi connectivity index (χ2v) is 9.28. The third-order valence-corrected chi connectivity index (χ3v) is 0. The maximum atomic E-state index is 8.58. The third kappa shape index (κ3) is 1520. The molecule has 0 unspecified atom stereocenters. The van der Waals surface area contributed by atoms with E-state index in [1.165, 1.54) is 0 Å². The summed E-state index contributed by atoms with van der Waals surface area (Å²) in [4.78, 5) is 0. The van der Waals surface area contributed by atoms with Gasteiger partial charge in [0.25, 0.3) is 0 Å². The third-order valence-electron chi connectivity index (χ3n) is 0. The predicted octanol–water partition coefficient (Wildman–Crippen LogP) is -23.3. The summed E-state index contributed by atoms with van der Waals surface area (Å²) in [6.07, 6.45) is 0. The molecular formula is Nb2O27Pb2Ti9Zn2. The van der Waals surface area contributed by atoms with E-state index >= 15 is 0 Å². The van der Waals surface area contributed by atoms with E-state index in [9.17, 15) is 0 Å². The van der Waals surface area contributed by atoms with Crippen molar-refractivity contribution >= 4 is 54.6 Å². The Hall–Kier alpha value is 8.48. The van der Waals surface area contributed by atoms with Crippen LogP contribution in [-0.4, -0.2) is 54.6 Å². The van der Waals surface area contributed by atoms with Gasteiger partial charge in [0.15, 0.2) is 0 Å². The Labute approximate surface area is 393 Å². The monoisotopic (exact) mass is 1590 g/mol. The van der Waals surface area contributed by atoms with Crippen LogP contribution >= 0.6 is 0 Å². The van der Waals surface area contributed by atoms with Crippen molar-refractivity contribution < 1.29 is 348 Å². The van der Waals surface area contributed by atoms with Gasteiger partial charge < -0.3 is 0 Å². The van der Waals surface area contributed by atoms with E-state index in [0.717, 1.165) is 0 Å². The van der Waals surface area contributed by atoms with Crippen molar-refractivity contribution in [2.75, 3.05) is 0 Å². The standard InChI is InChI=1S/2Nb.27O.2Pb.9Ti.2Zn/q2*+5;;;;;;;;;;18*-1;2*+2;;;;;;;;;;2*+2. The fourth-order valence-electron chi connectivity index (χ4n) is 0. The van der Waals surface area contributed by atoms with Crippen LogP contribution in [-0.2, 0) is 281 Å². The van der Waals surface area contributed by atoms with Gasteiger partial charge in [-0.25, -0.2) is 0 Å². The molecule has 0 fully saturated rings. The van der Waals surface area contributed by atoms with E-state index in [2.05, 4.69) is 0 Å². The molecule has 0 aliphatic heterocycles. The summed E-state index contributed by atoms with van der Waals surface area (Å²) >= 11 is -36.8. The Morgan fingerprint density at radius 1 is 0.214 bits per heavy atom. The molecule has 0 N–H and O–H groups in total. The van der Waals surface area contributed by atoms with Crippen LogP contribution in [0.2, 0.25) is 0 Å². The Morgan fingerprint density at radius 3 is 0.214 bits per heavy atom. The average molecular weight is 1590 g/mol. The largest absolute Gasteiger partial charge is 2.00 e. The summed E-state index contributed by atoms with van der Waals surface area (Å²) in [5, 5.41) is 0. The van der Waals surface area contributed by atoms with Crippen molar-refractivity contribution in [1.29, 1.82) is 0 Å². The molecule has 0 aliphatic rings. The normalized spacial score (nSPS) is 5.57. The van der Waals surface area contributed by atoms with Crippen molar-refractivity contribution in [3.8, 4) is 0 Å². The zero-order valence-electron chi connectivity index (χ0n) is 18.8. The van der Waals surface area contributed by atoms with Crippen molar-refractivity contribution in [3.63, 3.8) is 0 Å². The summed E-state index contributed by atoms with van der Waals surface area (Å²) in [5.41, 5.74) is 0. The smallest absolute Gasteiger partial charge is 2.00 e. The zero-order valence-corrected chi connectivity index (χ0v) is 51.0. The Bertz CT molecular complexity index is 442. The van der Waals surface area contributed by atoms with Gasteiger partial charge in [0.2, 0.25) is 0 Å². The Balaban J connectivity index is -0.0000000148. The van der Waals surface area contributed by atoms with Gasteiger partial charge in [-0.1, -0.05) is 0 Å². The minimum atomic E-state index is -4.08. The van der Waals surface area contributed by atoms with Crippen LogP contribution in [0.3, 0.4) is 0 Å². The quantitative estimate of drug-likeness (QED) is 0.203. The van der Waals surface area contributed by atoms with E-state index in [0.29, 0.717) is 0 Å². The van der Waals surface area contributed by atoms with Gasteiger partial charge >= 0.3 is 402 Å². The molecule has 0 saturated heterocycles. The van der Waals surface area contributed by atoms with E-state index in [1.807, 2.05) is 0 Å². The topological polar surface area (TPSA) is 569 Å². The van der Waals surface area contributed by atoms with Crippen LogP contribution in [0.5, 0.6) is 0 Å². The first-order valence-corrected chi connectivity index (χ1v) is 22.7. The van der Waals surface area contributed by atoms with Gasteiger partial charge in [-0.3, -0.25) is 0 Å². The second kappa shape index (κ2) is 92.4. The molecule has 27 nitrogen and oxygen atoms in total. The van der Waals surface area contributed by atoms with Crippen LogP contribution in [0.15, 0.2) is 0 Å². The molecule has 0 bridgehead atoms. The Morgan fingerprint density at radius 2 is 0.214 bits per heavy atom. The summed E-state index contributed by atoms with van der Waals surface area (Å²) < 4.78 is 232. The maximum absolute atomic E-state index is 8.58. The minimum absolute atomic E-state index is 0. The fraction of sp³-hybridized carbons (Fsp3) is 0. The molecule has 0 amide bonds. The number of rotatable bonds is 0. The molecule has 0 aromatic heterocycles. The zero-order chi connectivity index (χ0) is 32.2. The molecular weight excluding hydrogens is 1590 g/mol. The van der Waals surface area contributed by atoms with Crippen LogP contribution in [0.1, 0.15) is 0 Å². The van der Waals surface area contributed by atoms with Gasteiger partial charge in [0, 0.05) is 0 Å². The molecule has 0 aromatic rings. The molecule has 0 saturated carbocycles. The van der Waals surface area contributed by atoms with Gasteiger partial charge in [-0.15, -0.1) is 0 Å². The predicted molar refractivity (Wildman–Crippen MR) is 17.7 cm³/mol. The van der Waals surface area contributed by atoms with E-state index in [1.54, 1.807) is 0 Å². The summed E-state index contributed by atoms with van der Waals surface area (Å²) in [5.74, 6) is 0. The van der Waals surface area contributed by atoms with Crippen LogP contribution in [0.4, 0.5) is 0 Å². The van der Waals surface area contributed by atoms with E-state index < -0.39 is 168 Å². The molecule has 220 valence electrons. The van der Waals surface area contributed by atoms with Crippen molar-refractivity contribution in [2.45, 2.75) is 0 Å². The first-order chi connectivity index (χ1) is 15.6. The molecule has 0 aromatic carbocycles. The molecule has 0 heterocycles. The van der Waals surface area contributed by atoms with E-state index in [-0.39, 0.29) is 138 Å². The van der Waals surface area contributed by atoms with Gasteiger partial charge in [-0.05, 0) is 0 Å². The minimum Gasteiger partial charge on any atom is 2.00 e. The van der Waals surface area contributed by atoms with Crippen LogP contribution < -0.4 is 66.4 Å². The number of hydrogen-bond acceptors (Lipinski definition) is 27. The molecule has 0 spiro atoms. The van der Waals surface area contributed by atoms with Gasteiger partial charge in [-0.2, -0.15) is 0 Å². The van der Waals surface area contributed by atoms with E-state index in [4.69, 9.17) is 96.3 Å². The van der Waals surface area contributed by atoms with Gasteiger partial charge in [0.05, 0.1) is 0 Å². The molecule has 0 aliphatic carbocycles.